The number of anilines is 1. The number of nitrogens with one attached hydrogen (secondary N) is 1. The molecule has 158 valence electrons. The van der Waals surface area contributed by atoms with Crippen LogP contribution >= 0.6 is 23.2 Å². The van der Waals surface area contributed by atoms with Crippen molar-refractivity contribution < 1.29 is 27.5 Å². The fourth-order valence-electron chi connectivity index (χ4n) is 2.74. The highest BCUT2D eigenvalue weighted by molar-refractivity contribution is 6.35. The number of fused-ring (bicyclic) bond motifs is 1. The van der Waals surface area contributed by atoms with Gasteiger partial charge in [0.2, 0.25) is 5.82 Å². The van der Waals surface area contributed by atoms with Gasteiger partial charge in [0.05, 0.1) is 11.0 Å². The minimum absolute atomic E-state index is 0.0845. The lowest BCUT2D eigenvalue weighted by Crippen LogP contribution is -2.31. The highest BCUT2D eigenvalue weighted by atomic mass is 35.5. The van der Waals surface area contributed by atoms with E-state index in [1.807, 2.05) is 0 Å². The number of nitrogens with zero attached hydrogens (tertiary/aromatic N) is 2. The van der Waals surface area contributed by atoms with Gasteiger partial charge in [-0.05, 0) is 37.3 Å². The molecule has 3 aromatic rings. The topological polar surface area (TPSA) is 73.2 Å². The molecular weight excluding hydrogens is 446 g/mol. The van der Waals surface area contributed by atoms with Crippen molar-refractivity contribution >= 4 is 51.8 Å². The summed E-state index contributed by atoms with van der Waals surface area (Å²) in [5.74, 6) is -2.96. The maximum Gasteiger partial charge on any atom is 0.449 e. The number of benzene rings is 2. The van der Waals surface area contributed by atoms with E-state index in [9.17, 15) is 22.8 Å². The molecule has 0 spiro atoms. The number of rotatable bonds is 5. The number of esters is 1. The van der Waals surface area contributed by atoms with Gasteiger partial charge < -0.3 is 14.6 Å². The van der Waals surface area contributed by atoms with Crippen LogP contribution in [0.1, 0.15) is 12.7 Å². The number of hydrogen-bond donors (Lipinski definition) is 1. The van der Waals surface area contributed by atoms with Crippen molar-refractivity contribution in [3.8, 4) is 0 Å². The lowest BCUT2D eigenvalue weighted by Gasteiger charge is -2.15. The zero-order chi connectivity index (χ0) is 22.1. The lowest BCUT2D eigenvalue weighted by molar-refractivity contribution is -0.156. The number of imidazole rings is 1. The molecule has 0 saturated heterocycles. The molecule has 1 amide bonds. The molecule has 0 saturated carbocycles. The van der Waals surface area contributed by atoms with E-state index in [1.54, 1.807) is 0 Å². The van der Waals surface area contributed by atoms with Gasteiger partial charge in [-0.1, -0.05) is 35.3 Å². The van der Waals surface area contributed by atoms with Gasteiger partial charge in [0.15, 0.2) is 6.10 Å². The fraction of sp³-hybridized carbons (Fsp3) is 0.211. The highest BCUT2D eigenvalue weighted by Gasteiger charge is 2.38. The van der Waals surface area contributed by atoms with Gasteiger partial charge in [-0.3, -0.25) is 9.59 Å². The Bertz CT molecular complexity index is 1100. The summed E-state index contributed by atoms with van der Waals surface area (Å²) in [6.07, 6.45) is -6.05. The molecule has 0 aliphatic rings. The van der Waals surface area contributed by atoms with E-state index in [0.29, 0.717) is 4.57 Å². The Morgan fingerprint density at radius 2 is 1.80 bits per heavy atom. The molecule has 1 N–H and O–H groups in total. The minimum Gasteiger partial charge on any atom is -0.451 e. The van der Waals surface area contributed by atoms with Crippen LogP contribution in [0, 0.1) is 0 Å². The molecule has 1 heterocycles. The van der Waals surface area contributed by atoms with Crippen LogP contribution in [0.2, 0.25) is 10.0 Å². The Hall–Kier alpha value is -2.78. The van der Waals surface area contributed by atoms with Gasteiger partial charge in [-0.15, -0.1) is 0 Å². The van der Waals surface area contributed by atoms with Crippen LogP contribution in [0.25, 0.3) is 11.0 Å². The van der Waals surface area contributed by atoms with Crippen molar-refractivity contribution in [1.82, 2.24) is 9.55 Å². The Labute approximate surface area is 178 Å². The van der Waals surface area contributed by atoms with Crippen LogP contribution < -0.4 is 5.32 Å². The third kappa shape index (κ3) is 5.03. The summed E-state index contributed by atoms with van der Waals surface area (Å²) in [4.78, 5) is 28.0. The van der Waals surface area contributed by atoms with Crippen molar-refractivity contribution in [1.29, 1.82) is 0 Å². The number of carbonyl (C=O) groups is 2. The summed E-state index contributed by atoms with van der Waals surface area (Å²) < 4.78 is 45.7. The van der Waals surface area contributed by atoms with Gasteiger partial charge in [0.25, 0.3) is 5.91 Å². The summed E-state index contributed by atoms with van der Waals surface area (Å²) in [6, 6.07) is 10.2. The number of para-hydroxylation sites is 2. The van der Waals surface area contributed by atoms with E-state index >= 15 is 0 Å². The smallest absolute Gasteiger partial charge is 0.449 e. The number of amides is 1. The molecule has 0 radical (unpaired) electrons. The molecule has 1 atom stereocenters. The summed E-state index contributed by atoms with van der Waals surface area (Å²) >= 11 is 11.7. The number of carbonyl (C=O) groups excluding carboxylic acids is 2. The van der Waals surface area contributed by atoms with Crippen LogP contribution in [0.4, 0.5) is 18.9 Å². The van der Waals surface area contributed by atoms with Crippen LogP contribution in [0.15, 0.2) is 42.5 Å². The van der Waals surface area contributed by atoms with Gasteiger partial charge in [0, 0.05) is 15.7 Å². The molecular formula is C19H14Cl2F3N3O3. The van der Waals surface area contributed by atoms with Gasteiger partial charge >= 0.3 is 12.1 Å². The number of alkyl halides is 3. The maximum absolute atomic E-state index is 13.3. The monoisotopic (exact) mass is 459 g/mol. The standard InChI is InChI=1S/C19H14Cl2F3N3O3/c1-10(17(29)25-13-7-11(20)6-12(21)8-13)30-16(28)9-27-15-5-3-2-4-14(15)26-18(27)19(22,23)24/h2-8,10H,9H2,1H3,(H,25,29). The van der Waals surface area contributed by atoms with E-state index in [0.717, 1.165) is 0 Å². The van der Waals surface area contributed by atoms with E-state index < -0.39 is 36.5 Å². The van der Waals surface area contributed by atoms with Crippen LogP contribution in [0.5, 0.6) is 0 Å². The second-order valence-corrected chi connectivity index (χ2v) is 7.16. The van der Waals surface area contributed by atoms with Gasteiger partial charge in [-0.25, -0.2) is 4.98 Å². The summed E-state index contributed by atoms with van der Waals surface area (Å²) in [7, 11) is 0. The summed E-state index contributed by atoms with van der Waals surface area (Å²) in [5.41, 5.74) is 0.481. The van der Waals surface area contributed by atoms with E-state index in [1.165, 1.54) is 49.4 Å². The van der Waals surface area contributed by atoms with Crippen molar-refractivity contribution in [2.45, 2.75) is 25.7 Å². The molecule has 3 rings (SSSR count). The van der Waals surface area contributed by atoms with Crippen molar-refractivity contribution in [2.75, 3.05) is 5.32 Å². The summed E-state index contributed by atoms with van der Waals surface area (Å²) in [6.45, 7) is 0.520. The predicted octanol–water partition coefficient (Wildman–Crippen LogP) is 4.93. The highest BCUT2D eigenvalue weighted by Crippen LogP contribution is 2.31. The Balaban J connectivity index is 1.73. The largest absolute Gasteiger partial charge is 0.451 e. The molecule has 30 heavy (non-hydrogen) atoms. The zero-order valence-corrected chi connectivity index (χ0v) is 16.8. The molecule has 11 heteroatoms. The number of hydrogen-bond acceptors (Lipinski definition) is 4. The molecule has 0 fully saturated rings. The third-order valence-corrected chi connectivity index (χ3v) is 4.44. The molecule has 0 aliphatic carbocycles. The molecule has 0 bridgehead atoms. The fourth-order valence-corrected chi connectivity index (χ4v) is 3.26. The van der Waals surface area contributed by atoms with E-state index in [-0.39, 0.29) is 26.8 Å². The van der Waals surface area contributed by atoms with Crippen molar-refractivity contribution in [3.05, 3.63) is 58.3 Å². The Morgan fingerprint density at radius 3 is 2.43 bits per heavy atom. The summed E-state index contributed by atoms with van der Waals surface area (Å²) in [5, 5.41) is 3.04. The average Bonchev–Trinajstić information content (AvgIpc) is 2.99. The first-order valence-corrected chi connectivity index (χ1v) is 9.29. The molecule has 6 nitrogen and oxygen atoms in total. The van der Waals surface area contributed by atoms with Crippen LogP contribution in [-0.2, 0) is 27.0 Å². The normalized spacial score (nSPS) is 12.6. The number of halogens is 5. The van der Waals surface area contributed by atoms with E-state index in [2.05, 4.69) is 10.3 Å². The Kier molecular flexibility index (Phi) is 6.23. The number of aromatic nitrogens is 2. The maximum atomic E-state index is 13.3. The van der Waals surface area contributed by atoms with Gasteiger partial charge in [0.1, 0.15) is 6.54 Å². The Morgan fingerprint density at radius 1 is 1.17 bits per heavy atom. The third-order valence-electron chi connectivity index (χ3n) is 4.00. The van der Waals surface area contributed by atoms with E-state index in [4.69, 9.17) is 27.9 Å². The first-order chi connectivity index (χ1) is 14.0. The quantitative estimate of drug-likeness (QED) is 0.548. The SMILES string of the molecule is CC(OC(=O)Cn1c(C(F)(F)F)nc2ccccc21)C(=O)Nc1cc(Cl)cc(Cl)c1. The first kappa shape index (κ1) is 21.9. The molecule has 1 aromatic heterocycles. The van der Waals surface area contributed by atoms with Crippen LogP contribution in [-0.4, -0.2) is 27.5 Å². The average molecular weight is 460 g/mol. The van der Waals surface area contributed by atoms with Crippen molar-refractivity contribution in [3.63, 3.8) is 0 Å². The van der Waals surface area contributed by atoms with Crippen LogP contribution in [0.3, 0.4) is 0 Å². The number of ether oxygens (including phenoxy) is 1. The molecule has 2 aromatic carbocycles. The molecule has 1 unspecified atom stereocenters. The lowest BCUT2D eigenvalue weighted by atomic mass is 10.3. The second-order valence-electron chi connectivity index (χ2n) is 6.29. The second kappa shape index (κ2) is 8.53. The molecule has 0 aliphatic heterocycles. The zero-order valence-electron chi connectivity index (χ0n) is 15.3. The predicted molar refractivity (Wildman–Crippen MR) is 105 cm³/mol. The van der Waals surface area contributed by atoms with Gasteiger partial charge in [-0.2, -0.15) is 13.2 Å². The first-order valence-electron chi connectivity index (χ1n) is 8.53. The minimum atomic E-state index is -4.77. The van der Waals surface area contributed by atoms with Crippen molar-refractivity contribution in [2.24, 2.45) is 0 Å².